The molecule has 1 aliphatic heterocycles. The molecule has 15 heavy (non-hydrogen) atoms. The van der Waals surface area contributed by atoms with Gasteiger partial charge in [0.25, 0.3) is 0 Å². The van der Waals surface area contributed by atoms with E-state index in [4.69, 9.17) is 0 Å². The van der Waals surface area contributed by atoms with E-state index >= 15 is 0 Å². The lowest BCUT2D eigenvalue weighted by atomic mass is 10.0. The van der Waals surface area contributed by atoms with Gasteiger partial charge in [-0.15, -0.1) is 0 Å². The molecule has 1 atom stereocenters. The van der Waals surface area contributed by atoms with Crippen molar-refractivity contribution in [2.75, 3.05) is 25.4 Å². The van der Waals surface area contributed by atoms with Crippen molar-refractivity contribution in [1.82, 2.24) is 4.90 Å². The molecule has 0 N–H and O–H groups in total. The average molecular weight is 221 g/mol. The average Bonchev–Trinajstić information content (AvgIpc) is 2.80. The lowest BCUT2D eigenvalue weighted by molar-refractivity contribution is 0.322. The van der Waals surface area contributed by atoms with Crippen LogP contribution in [0, 0.1) is 0 Å². The van der Waals surface area contributed by atoms with Crippen molar-refractivity contribution < 1.29 is 0 Å². The highest BCUT2D eigenvalue weighted by Gasteiger charge is 2.17. The van der Waals surface area contributed by atoms with Crippen molar-refractivity contribution in [3.63, 3.8) is 0 Å². The van der Waals surface area contributed by atoms with E-state index < -0.39 is 0 Å². The van der Waals surface area contributed by atoms with Crippen LogP contribution in [0.1, 0.15) is 24.3 Å². The number of hydrogen-bond acceptors (Lipinski definition) is 2. The molecule has 0 radical (unpaired) electrons. The summed E-state index contributed by atoms with van der Waals surface area (Å²) in [6.07, 6.45) is 2.74. The van der Waals surface area contributed by atoms with Gasteiger partial charge in [0.15, 0.2) is 0 Å². The quantitative estimate of drug-likeness (QED) is 0.765. The summed E-state index contributed by atoms with van der Waals surface area (Å²) in [6, 6.07) is 10.8. The molecule has 1 aliphatic rings. The summed E-state index contributed by atoms with van der Waals surface area (Å²) in [5.74, 6) is 1.54. The number of benzene rings is 1. The molecule has 0 aliphatic carbocycles. The second kappa shape index (κ2) is 5.57. The number of likely N-dealkylation sites (tertiary alicyclic amines) is 1. The fourth-order valence-corrected chi connectivity index (χ4v) is 2.60. The van der Waals surface area contributed by atoms with Gasteiger partial charge in [0.1, 0.15) is 0 Å². The fourth-order valence-electron chi connectivity index (χ4n) is 2.27. The summed E-state index contributed by atoms with van der Waals surface area (Å²) in [5.41, 5.74) is 1.43. The Bertz CT molecular complexity index is 280. The minimum atomic E-state index is 0.590. The molecule has 2 rings (SSSR count). The number of hydrogen-bond donors (Lipinski definition) is 1. The second-order valence-electron chi connectivity index (χ2n) is 4.30. The molecule has 1 unspecified atom stereocenters. The maximum atomic E-state index is 4.47. The van der Waals surface area contributed by atoms with Gasteiger partial charge in [-0.25, -0.2) is 0 Å². The molecular formula is C13H19NS. The normalized spacial score (nSPS) is 19.3. The highest BCUT2D eigenvalue weighted by molar-refractivity contribution is 7.80. The van der Waals surface area contributed by atoms with Crippen molar-refractivity contribution in [2.24, 2.45) is 0 Å². The molecule has 1 saturated heterocycles. The van der Waals surface area contributed by atoms with Crippen LogP contribution < -0.4 is 0 Å². The minimum Gasteiger partial charge on any atom is -0.303 e. The first-order valence-electron chi connectivity index (χ1n) is 5.78. The van der Waals surface area contributed by atoms with Crippen LogP contribution in [-0.2, 0) is 0 Å². The Morgan fingerprint density at radius 1 is 1.13 bits per heavy atom. The molecule has 0 bridgehead atoms. The maximum Gasteiger partial charge on any atom is 0.00581 e. The zero-order valence-electron chi connectivity index (χ0n) is 9.10. The van der Waals surface area contributed by atoms with E-state index in [9.17, 15) is 0 Å². The van der Waals surface area contributed by atoms with Gasteiger partial charge in [0.05, 0.1) is 0 Å². The molecular weight excluding hydrogens is 202 g/mol. The molecule has 0 saturated carbocycles. The lowest BCUT2D eigenvalue weighted by Crippen LogP contribution is -2.26. The monoisotopic (exact) mass is 221 g/mol. The summed E-state index contributed by atoms with van der Waals surface area (Å²) < 4.78 is 0. The molecule has 1 nitrogen and oxygen atoms in total. The SMILES string of the molecule is SCC(CN1CCCC1)c1ccccc1. The predicted octanol–water partition coefficient (Wildman–Crippen LogP) is 2.80. The highest BCUT2D eigenvalue weighted by Crippen LogP contribution is 2.20. The van der Waals surface area contributed by atoms with Gasteiger partial charge < -0.3 is 4.90 Å². The summed E-state index contributed by atoms with van der Waals surface area (Å²) >= 11 is 4.47. The van der Waals surface area contributed by atoms with Crippen molar-refractivity contribution in [3.05, 3.63) is 35.9 Å². The van der Waals surface area contributed by atoms with E-state index in [2.05, 4.69) is 47.9 Å². The fraction of sp³-hybridized carbons (Fsp3) is 0.538. The molecule has 1 fully saturated rings. The van der Waals surface area contributed by atoms with Crippen LogP contribution in [-0.4, -0.2) is 30.3 Å². The van der Waals surface area contributed by atoms with Gasteiger partial charge in [-0.1, -0.05) is 30.3 Å². The number of thiol groups is 1. The van der Waals surface area contributed by atoms with Crippen molar-refractivity contribution in [3.8, 4) is 0 Å². The van der Waals surface area contributed by atoms with Crippen LogP contribution >= 0.6 is 12.6 Å². The summed E-state index contributed by atoms with van der Waals surface area (Å²) in [7, 11) is 0. The first-order chi connectivity index (χ1) is 7.40. The van der Waals surface area contributed by atoms with Crippen LogP contribution in [0.25, 0.3) is 0 Å². The van der Waals surface area contributed by atoms with Crippen LogP contribution in [0.5, 0.6) is 0 Å². The van der Waals surface area contributed by atoms with E-state index in [1.165, 1.54) is 38.0 Å². The molecule has 2 heteroatoms. The van der Waals surface area contributed by atoms with E-state index in [0.717, 1.165) is 5.75 Å². The largest absolute Gasteiger partial charge is 0.303 e. The van der Waals surface area contributed by atoms with E-state index in [1.54, 1.807) is 0 Å². The molecule has 0 spiro atoms. The Morgan fingerprint density at radius 3 is 2.40 bits per heavy atom. The van der Waals surface area contributed by atoms with Gasteiger partial charge in [0.2, 0.25) is 0 Å². The van der Waals surface area contributed by atoms with Gasteiger partial charge in [-0.05, 0) is 37.2 Å². The van der Waals surface area contributed by atoms with Crippen LogP contribution in [0.3, 0.4) is 0 Å². The first kappa shape index (κ1) is 11.0. The maximum absolute atomic E-state index is 4.47. The molecule has 1 heterocycles. The molecule has 82 valence electrons. The van der Waals surface area contributed by atoms with Crippen LogP contribution in [0.4, 0.5) is 0 Å². The van der Waals surface area contributed by atoms with Crippen molar-refractivity contribution in [1.29, 1.82) is 0 Å². The van der Waals surface area contributed by atoms with E-state index in [0.29, 0.717) is 5.92 Å². The molecule has 0 amide bonds. The third-order valence-electron chi connectivity index (χ3n) is 3.17. The number of rotatable bonds is 4. The van der Waals surface area contributed by atoms with Gasteiger partial charge in [-0.2, -0.15) is 12.6 Å². The Hall–Kier alpha value is -0.470. The highest BCUT2D eigenvalue weighted by atomic mass is 32.1. The van der Waals surface area contributed by atoms with Crippen LogP contribution in [0.15, 0.2) is 30.3 Å². The molecule has 1 aromatic rings. The Morgan fingerprint density at radius 2 is 1.80 bits per heavy atom. The second-order valence-corrected chi connectivity index (χ2v) is 4.66. The number of nitrogens with zero attached hydrogens (tertiary/aromatic N) is 1. The van der Waals surface area contributed by atoms with Gasteiger partial charge >= 0.3 is 0 Å². The standard InChI is InChI=1S/C13H19NS/c15-11-13(10-14-8-4-5-9-14)12-6-2-1-3-7-12/h1-3,6-7,13,15H,4-5,8-11H2. The Labute approximate surface area is 97.9 Å². The molecule has 0 aromatic heterocycles. The minimum absolute atomic E-state index is 0.590. The molecule has 1 aromatic carbocycles. The smallest absolute Gasteiger partial charge is 0.00581 e. The van der Waals surface area contributed by atoms with Crippen molar-refractivity contribution >= 4 is 12.6 Å². The van der Waals surface area contributed by atoms with E-state index in [-0.39, 0.29) is 0 Å². The van der Waals surface area contributed by atoms with Gasteiger partial charge in [0, 0.05) is 12.5 Å². The Balaban J connectivity index is 1.97. The summed E-state index contributed by atoms with van der Waals surface area (Å²) in [5, 5.41) is 0. The first-order valence-corrected chi connectivity index (χ1v) is 6.41. The summed E-state index contributed by atoms with van der Waals surface area (Å²) in [6.45, 7) is 3.72. The summed E-state index contributed by atoms with van der Waals surface area (Å²) in [4.78, 5) is 2.56. The predicted molar refractivity (Wildman–Crippen MR) is 68.7 cm³/mol. The van der Waals surface area contributed by atoms with Crippen molar-refractivity contribution in [2.45, 2.75) is 18.8 Å². The third-order valence-corrected chi connectivity index (χ3v) is 3.61. The topological polar surface area (TPSA) is 3.24 Å². The zero-order chi connectivity index (χ0) is 10.5. The Kier molecular flexibility index (Phi) is 4.09. The third kappa shape index (κ3) is 2.99. The van der Waals surface area contributed by atoms with E-state index in [1.807, 2.05) is 0 Å². The zero-order valence-corrected chi connectivity index (χ0v) is 10.00. The van der Waals surface area contributed by atoms with Gasteiger partial charge in [-0.3, -0.25) is 0 Å². The lowest BCUT2D eigenvalue weighted by Gasteiger charge is -2.22. The van der Waals surface area contributed by atoms with Crippen LogP contribution in [0.2, 0.25) is 0 Å².